The fourth-order valence-corrected chi connectivity index (χ4v) is 1.16. The molecule has 0 saturated heterocycles. The molecule has 0 spiro atoms. The van der Waals surface area contributed by atoms with Crippen molar-refractivity contribution in [2.45, 2.75) is 0 Å². The third kappa shape index (κ3) is 3.16. The van der Waals surface area contributed by atoms with Gasteiger partial charge in [0, 0.05) is 10.7 Å². The smallest absolute Gasteiger partial charge is 0.204 e. The van der Waals surface area contributed by atoms with Gasteiger partial charge in [-0.3, -0.25) is 0 Å². The molecule has 0 aliphatic carbocycles. The van der Waals surface area contributed by atoms with Crippen molar-refractivity contribution in [2.24, 2.45) is 0 Å². The Balaban J connectivity index is 3.04. The predicted octanol–water partition coefficient (Wildman–Crippen LogP) is 2.52. The highest BCUT2D eigenvalue weighted by atomic mass is 35.7. The molecule has 1 aromatic rings. The summed E-state index contributed by atoms with van der Waals surface area (Å²) in [4.78, 5) is 0. The van der Waals surface area contributed by atoms with Crippen LogP contribution >= 0.6 is 10.7 Å². The first-order valence-corrected chi connectivity index (χ1v) is 5.68. The molecular formula is C8H6ClFO2S. The van der Waals surface area contributed by atoms with Gasteiger partial charge in [0.25, 0.3) is 9.05 Å². The number of benzene rings is 1. The third-order valence-electron chi connectivity index (χ3n) is 1.31. The Labute approximate surface area is 80.1 Å². The monoisotopic (exact) mass is 220 g/mol. The van der Waals surface area contributed by atoms with E-state index in [2.05, 4.69) is 0 Å². The normalized spacial score (nSPS) is 12.9. The van der Waals surface area contributed by atoms with E-state index < -0.39 is 14.2 Å². The molecule has 0 unspecified atom stereocenters. The van der Waals surface area contributed by atoms with E-state index in [9.17, 15) is 12.8 Å². The van der Waals surface area contributed by atoms with Gasteiger partial charge >= 0.3 is 0 Å². The van der Waals surface area contributed by atoms with Crippen LogP contribution in [-0.2, 0) is 9.05 Å². The molecule has 0 heterocycles. The lowest BCUT2D eigenvalue weighted by molar-refractivity contribution is 0.592. The highest BCUT2D eigenvalue weighted by molar-refractivity contribution is 8.16. The second-order valence-electron chi connectivity index (χ2n) is 2.30. The van der Waals surface area contributed by atoms with Gasteiger partial charge < -0.3 is 0 Å². The zero-order valence-electron chi connectivity index (χ0n) is 6.44. The summed E-state index contributed by atoms with van der Waals surface area (Å²) in [5.41, 5.74) is 0.448. The third-order valence-corrected chi connectivity index (χ3v) is 2.34. The Hall–Kier alpha value is -0.870. The Morgan fingerprint density at radius 2 is 1.85 bits per heavy atom. The van der Waals surface area contributed by atoms with E-state index in [1.54, 1.807) is 30.3 Å². The lowest BCUT2D eigenvalue weighted by Gasteiger charge is -1.92. The van der Waals surface area contributed by atoms with Gasteiger partial charge in [-0.2, -0.15) is 4.39 Å². The molecule has 0 aromatic heterocycles. The molecular weight excluding hydrogens is 215 g/mol. The van der Waals surface area contributed by atoms with E-state index >= 15 is 0 Å². The average molecular weight is 221 g/mol. The largest absolute Gasteiger partial charge is 0.288 e. The standard InChI is InChI=1S/C8H6ClFO2S/c9-13(11,12)8(10)6-7-4-2-1-3-5-7/h1-6H. The molecule has 0 bridgehead atoms. The van der Waals surface area contributed by atoms with Crippen LogP contribution in [0.15, 0.2) is 35.5 Å². The average Bonchev–Trinajstić information content (AvgIpc) is 2.04. The van der Waals surface area contributed by atoms with Crippen LogP contribution in [0.2, 0.25) is 0 Å². The number of hydrogen-bond donors (Lipinski definition) is 0. The van der Waals surface area contributed by atoms with Crippen molar-refractivity contribution < 1.29 is 12.8 Å². The number of rotatable bonds is 2. The lowest BCUT2D eigenvalue weighted by Crippen LogP contribution is -1.87. The lowest BCUT2D eigenvalue weighted by atomic mass is 10.2. The van der Waals surface area contributed by atoms with E-state index in [0.717, 1.165) is 6.08 Å². The Bertz CT molecular complexity index is 411. The van der Waals surface area contributed by atoms with E-state index in [1.807, 2.05) is 0 Å². The van der Waals surface area contributed by atoms with Crippen LogP contribution in [0.3, 0.4) is 0 Å². The first kappa shape index (κ1) is 10.2. The van der Waals surface area contributed by atoms with E-state index in [4.69, 9.17) is 10.7 Å². The van der Waals surface area contributed by atoms with E-state index in [1.165, 1.54) is 0 Å². The fraction of sp³-hybridized carbons (Fsp3) is 0. The zero-order chi connectivity index (χ0) is 9.90. The summed E-state index contributed by atoms with van der Waals surface area (Å²) in [6, 6.07) is 8.22. The van der Waals surface area contributed by atoms with Crippen LogP contribution in [0.5, 0.6) is 0 Å². The molecule has 0 saturated carbocycles. The van der Waals surface area contributed by atoms with Crippen LogP contribution in [-0.4, -0.2) is 8.42 Å². The molecule has 0 radical (unpaired) electrons. The highest BCUT2D eigenvalue weighted by Gasteiger charge is 2.12. The van der Waals surface area contributed by atoms with Crippen molar-refractivity contribution in [3.63, 3.8) is 0 Å². The molecule has 1 rings (SSSR count). The second-order valence-corrected chi connectivity index (χ2v) is 4.78. The molecule has 70 valence electrons. The SMILES string of the molecule is O=S(=O)(Cl)C(F)=Cc1ccccc1. The molecule has 0 N–H and O–H groups in total. The van der Waals surface area contributed by atoms with Gasteiger partial charge in [-0.1, -0.05) is 30.3 Å². The van der Waals surface area contributed by atoms with E-state index in [0.29, 0.717) is 5.56 Å². The van der Waals surface area contributed by atoms with Crippen LogP contribution in [0.4, 0.5) is 4.39 Å². The topological polar surface area (TPSA) is 34.1 Å². The molecule has 1 aromatic carbocycles. The van der Waals surface area contributed by atoms with Gasteiger partial charge in [-0.25, -0.2) is 8.42 Å². The fourth-order valence-electron chi connectivity index (χ4n) is 0.751. The van der Waals surface area contributed by atoms with Crippen molar-refractivity contribution in [2.75, 3.05) is 0 Å². The minimum atomic E-state index is -4.23. The van der Waals surface area contributed by atoms with Gasteiger partial charge in [0.1, 0.15) is 0 Å². The first-order chi connectivity index (χ1) is 6.00. The second kappa shape index (κ2) is 3.89. The summed E-state index contributed by atoms with van der Waals surface area (Å²) in [6.45, 7) is 0. The van der Waals surface area contributed by atoms with Crippen LogP contribution in [0.1, 0.15) is 5.56 Å². The summed E-state index contributed by atoms with van der Waals surface area (Å²) in [5, 5.41) is -1.35. The molecule has 2 nitrogen and oxygen atoms in total. The Morgan fingerprint density at radius 1 is 1.31 bits per heavy atom. The van der Waals surface area contributed by atoms with Gasteiger partial charge in [0.2, 0.25) is 5.16 Å². The highest BCUT2D eigenvalue weighted by Crippen LogP contribution is 2.16. The summed E-state index contributed by atoms with van der Waals surface area (Å²) < 4.78 is 33.7. The molecule has 0 atom stereocenters. The van der Waals surface area contributed by atoms with Crippen molar-refractivity contribution in [3.05, 3.63) is 41.1 Å². The summed E-state index contributed by atoms with van der Waals surface area (Å²) >= 11 is 0. The van der Waals surface area contributed by atoms with E-state index in [-0.39, 0.29) is 0 Å². The minimum Gasteiger partial charge on any atom is -0.204 e. The Morgan fingerprint density at radius 3 is 2.31 bits per heavy atom. The van der Waals surface area contributed by atoms with Crippen molar-refractivity contribution in [1.29, 1.82) is 0 Å². The van der Waals surface area contributed by atoms with Gasteiger partial charge in [-0.15, -0.1) is 0 Å². The summed E-state index contributed by atoms with van der Waals surface area (Å²) in [7, 11) is 0.528. The summed E-state index contributed by atoms with van der Waals surface area (Å²) in [6.07, 6.45) is 0.863. The maximum absolute atomic E-state index is 12.7. The molecule has 5 heteroatoms. The van der Waals surface area contributed by atoms with Crippen molar-refractivity contribution >= 4 is 25.8 Å². The van der Waals surface area contributed by atoms with Crippen molar-refractivity contribution in [1.82, 2.24) is 0 Å². The Kier molecular flexibility index (Phi) is 3.06. The summed E-state index contributed by atoms with van der Waals surface area (Å²) in [5.74, 6) is 0. The van der Waals surface area contributed by atoms with Crippen LogP contribution in [0, 0.1) is 0 Å². The van der Waals surface area contributed by atoms with Gasteiger partial charge in [0.05, 0.1) is 0 Å². The molecule has 0 aliphatic rings. The quantitative estimate of drug-likeness (QED) is 0.718. The first-order valence-electron chi connectivity index (χ1n) is 3.37. The molecule has 0 aliphatic heterocycles. The van der Waals surface area contributed by atoms with Crippen LogP contribution in [0.25, 0.3) is 6.08 Å². The molecule has 0 fully saturated rings. The predicted molar refractivity (Wildman–Crippen MR) is 50.3 cm³/mol. The molecule has 13 heavy (non-hydrogen) atoms. The maximum Gasteiger partial charge on any atom is 0.288 e. The number of halogens is 2. The van der Waals surface area contributed by atoms with Crippen molar-refractivity contribution in [3.8, 4) is 0 Å². The van der Waals surface area contributed by atoms with Gasteiger partial charge in [-0.05, 0) is 11.6 Å². The zero-order valence-corrected chi connectivity index (χ0v) is 8.02. The van der Waals surface area contributed by atoms with Gasteiger partial charge in [0.15, 0.2) is 0 Å². The minimum absolute atomic E-state index is 0.448. The van der Waals surface area contributed by atoms with Crippen LogP contribution < -0.4 is 0 Å². The molecule has 0 amide bonds. The maximum atomic E-state index is 12.7. The number of hydrogen-bond acceptors (Lipinski definition) is 2.